The fourth-order valence-corrected chi connectivity index (χ4v) is 3.75. The van der Waals surface area contributed by atoms with Gasteiger partial charge in [-0.2, -0.15) is 0 Å². The van der Waals surface area contributed by atoms with E-state index in [2.05, 4.69) is 31.2 Å². The van der Waals surface area contributed by atoms with Crippen molar-refractivity contribution in [1.82, 2.24) is 0 Å². The number of hydrogen-bond donors (Lipinski definition) is 2. The van der Waals surface area contributed by atoms with Crippen molar-refractivity contribution in [3.63, 3.8) is 0 Å². The highest BCUT2D eigenvalue weighted by atomic mass is 16.6. The van der Waals surface area contributed by atoms with Crippen LogP contribution < -0.4 is 0 Å². The van der Waals surface area contributed by atoms with Gasteiger partial charge in [0.1, 0.15) is 0 Å². The molecule has 0 aliphatic heterocycles. The second-order valence-corrected chi connectivity index (χ2v) is 6.63. The Morgan fingerprint density at radius 3 is 2.32 bits per heavy atom. The molecule has 0 saturated heterocycles. The van der Waals surface area contributed by atoms with E-state index in [0.29, 0.717) is 5.41 Å². The molecule has 1 aliphatic rings. The fraction of sp³-hybridized carbons (Fsp3) is 0.667. The van der Waals surface area contributed by atoms with Crippen LogP contribution in [0.4, 0.5) is 0 Å². The van der Waals surface area contributed by atoms with Crippen LogP contribution in [0.15, 0.2) is 24.3 Å². The second-order valence-electron chi connectivity index (χ2n) is 6.63. The van der Waals surface area contributed by atoms with Crippen molar-refractivity contribution in [2.75, 3.05) is 0 Å². The molecule has 0 heterocycles. The number of rotatable bonds is 8. The lowest BCUT2D eigenvalue weighted by Gasteiger charge is -2.38. The number of benzene rings is 1. The maximum atomic E-state index is 8.77. The van der Waals surface area contributed by atoms with Crippen molar-refractivity contribution < 1.29 is 14.7 Å². The van der Waals surface area contributed by atoms with Gasteiger partial charge in [-0.3, -0.25) is 0 Å². The van der Waals surface area contributed by atoms with Gasteiger partial charge in [0, 0.05) is 0 Å². The Kier molecular flexibility index (Phi) is 6.93. The van der Waals surface area contributed by atoms with E-state index >= 15 is 0 Å². The van der Waals surface area contributed by atoms with Gasteiger partial charge in [0.25, 0.3) is 0 Å². The molecular formula is C18H29BO3. The highest BCUT2D eigenvalue weighted by Gasteiger charge is 2.33. The Morgan fingerprint density at radius 1 is 1.05 bits per heavy atom. The van der Waals surface area contributed by atoms with E-state index in [1.165, 1.54) is 63.4 Å². The lowest BCUT2D eigenvalue weighted by molar-refractivity contribution is 0.177. The quantitative estimate of drug-likeness (QED) is 0.564. The minimum atomic E-state index is -1.70. The number of unbranched alkanes of at least 4 members (excludes halogenated alkanes) is 2. The first-order valence-corrected chi connectivity index (χ1v) is 8.73. The van der Waals surface area contributed by atoms with Gasteiger partial charge in [-0.25, -0.2) is 0 Å². The minimum absolute atomic E-state index is 0.237. The van der Waals surface area contributed by atoms with Crippen LogP contribution in [0.2, 0.25) is 0 Å². The summed E-state index contributed by atoms with van der Waals surface area (Å²) in [6, 6.07) is 8.57. The molecule has 0 radical (unpaired) electrons. The zero-order valence-electron chi connectivity index (χ0n) is 13.8. The summed E-state index contributed by atoms with van der Waals surface area (Å²) in [6.45, 7) is 2.50. The summed E-state index contributed by atoms with van der Waals surface area (Å²) in [5.41, 5.74) is 2.80. The van der Waals surface area contributed by atoms with Crippen LogP contribution in [-0.2, 0) is 16.7 Å². The van der Waals surface area contributed by atoms with E-state index in [1.54, 1.807) is 0 Å². The van der Waals surface area contributed by atoms with E-state index < -0.39 is 7.32 Å². The van der Waals surface area contributed by atoms with E-state index in [4.69, 9.17) is 14.7 Å². The van der Waals surface area contributed by atoms with Crippen LogP contribution >= 0.6 is 0 Å². The zero-order valence-corrected chi connectivity index (χ0v) is 13.8. The molecule has 0 unspecified atom stereocenters. The normalized spacial score (nSPS) is 17.4. The maximum Gasteiger partial charge on any atom is 0.634 e. The summed E-state index contributed by atoms with van der Waals surface area (Å²) in [5, 5.41) is 17.5. The number of hydrogen-bond acceptors (Lipinski definition) is 3. The monoisotopic (exact) mass is 304 g/mol. The van der Waals surface area contributed by atoms with Gasteiger partial charge in [0.05, 0.1) is 6.61 Å². The van der Waals surface area contributed by atoms with Gasteiger partial charge in [-0.1, -0.05) is 69.7 Å². The lowest BCUT2D eigenvalue weighted by atomic mass is 9.66. The third-order valence-electron chi connectivity index (χ3n) is 5.03. The molecule has 1 aliphatic carbocycles. The molecule has 22 heavy (non-hydrogen) atoms. The molecule has 1 fully saturated rings. The molecule has 2 rings (SSSR count). The van der Waals surface area contributed by atoms with Gasteiger partial charge in [-0.05, 0) is 35.8 Å². The predicted octanol–water partition coefficient (Wildman–Crippen LogP) is 3.95. The van der Waals surface area contributed by atoms with Crippen LogP contribution in [-0.4, -0.2) is 17.4 Å². The van der Waals surface area contributed by atoms with E-state index in [1.807, 2.05) is 0 Å². The largest absolute Gasteiger partial charge is 0.634 e. The maximum absolute atomic E-state index is 8.77. The van der Waals surface area contributed by atoms with E-state index in [-0.39, 0.29) is 6.61 Å². The van der Waals surface area contributed by atoms with Gasteiger partial charge in [0.2, 0.25) is 0 Å². The van der Waals surface area contributed by atoms with E-state index in [9.17, 15) is 0 Å². The van der Waals surface area contributed by atoms with Gasteiger partial charge in [0.15, 0.2) is 0 Å². The summed E-state index contributed by atoms with van der Waals surface area (Å²) in [7, 11) is -1.70. The summed E-state index contributed by atoms with van der Waals surface area (Å²) < 4.78 is 4.83. The molecule has 0 bridgehead atoms. The summed E-state index contributed by atoms with van der Waals surface area (Å²) in [6.07, 6.45) is 11.9. The van der Waals surface area contributed by atoms with Crippen LogP contribution in [0.3, 0.4) is 0 Å². The molecule has 3 nitrogen and oxygen atoms in total. The standard InChI is InChI=1S/C18H29BO3/c1-2-3-5-12-18(13-6-4-7-14-18)17-10-8-16(9-11-17)15-22-19(20)21/h8-11,20-21H,2-7,12-15H2,1H3. The Balaban J connectivity index is 2.06. The Morgan fingerprint density at radius 2 is 1.73 bits per heavy atom. The fourth-order valence-electron chi connectivity index (χ4n) is 3.75. The molecule has 0 aromatic heterocycles. The van der Waals surface area contributed by atoms with Gasteiger partial charge < -0.3 is 14.7 Å². The molecule has 0 atom stereocenters. The molecule has 1 aromatic rings. The van der Waals surface area contributed by atoms with Crippen molar-refractivity contribution in [2.24, 2.45) is 0 Å². The van der Waals surface area contributed by atoms with Crippen molar-refractivity contribution in [3.8, 4) is 0 Å². The summed E-state index contributed by atoms with van der Waals surface area (Å²) in [5.74, 6) is 0. The minimum Gasteiger partial charge on any atom is -0.402 e. The van der Waals surface area contributed by atoms with Gasteiger partial charge >= 0.3 is 7.32 Å². The predicted molar refractivity (Wildman–Crippen MR) is 90.3 cm³/mol. The van der Waals surface area contributed by atoms with Crippen molar-refractivity contribution in [1.29, 1.82) is 0 Å². The van der Waals surface area contributed by atoms with Crippen LogP contribution in [0.5, 0.6) is 0 Å². The average molecular weight is 304 g/mol. The Hall–Kier alpha value is -0.835. The first-order chi connectivity index (χ1) is 10.7. The summed E-state index contributed by atoms with van der Waals surface area (Å²) in [4.78, 5) is 0. The molecule has 0 amide bonds. The van der Waals surface area contributed by atoms with Gasteiger partial charge in [-0.15, -0.1) is 0 Å². The average Bonchev–Trinajstić information content (AvgIpc) is 2.54. The van der Waals surface area contributed by atoms with Crippen molar-refractivity contribution >= 4 is 7.32 Å². The third-order valence-corrected chi connectivity index (χ3v) is 5.03. The zero-order chi connectivity index (χ0) is 15.8. The molecule has 1 saturated carbocycles. The first-order valence-electron chi connectivity index (χ1n) is 8.73. The molecule has 1 aromatic carbocycles. The molecular weight excluding hydrogens is 275 g/mol. The molecule has 0 spiro atoms. The van der Waals surface area contributed by atoms with Crippen molar-refractivity contribution in [2.45, 2.75) is 76.7 Å². The third kappa shape index (κ3) is 4.84. The smallest absolute Gasteiger partial charge is 0.402 e. The van der Waals surface area contributed by atoms with Crippen LogP contribution in [0.25, 0.3) is 0 Å². The highest BCUT2D eigenvalue weighted by molar-refractivity contribution is 6.32. The summed E-state index contributed by atoms with van der Waals surface area (Å²) >= 11 is 0. The second kappa shape index (κ2) is 8.71. The topological polar surface area (TPSA) is 49.7 Å². The SMILES string of the molecule is CCCCCC1(c2ccc(COB(O)O)cc2)CCCCC1. The highest BCUT2D eigenvalue weighted by Crippen LogP contribution is 2.43. The first kappa shape index (κ1) is 17.5. The Bertz CT molecular complexity index is 424. The van der Waals surface area contributed by atoms with E-state index in [0.717, 1.165) is 5.56 Å². The molecule has 2 N–H and O–H groups in total. The van der Waals surface area contributed by atoms with Crippen LogP contribution in [0, 0.1) is 0 Å². The molecule has 4 heteroatoms. The van der Waals surface area contributed by atoms with Crippen molar-refractivity contribution in [3.05, 3.63) is 35.4 Å². The van der Waals surface area contributed by atoms with Crippen LogP contribution in [0.1, 0.15) is 75.8 Å². The Labute approximate surface area is 134 Å². The lowest BCUT2D eigenvalue weighted by Crippen LogP contribution is -2.29. The molecule has 122 valence electrons.